The van der Waals surface area contributed by atoms with E-state index in [1.54, 1.807) is 11.3 Å². The van der Waals surface area contributed by atoms with E-state index in [-0.39, 0.29) is 6.10 Å². The summed E-state index contributed by atoms with van der Waals surface area (Å²) in [7, 11) is 0. The van der Waals surface area contributed by atoms with Crippen molar-refractivity contribution in [1.82, 2.24) is 15.5 Å². The van der Waals surface area contributed by atoms with Gasteiger partial charge in [-0.1, -0.05) is 25.2 Å². The maximum Gasteiger partial charge on any atom is 0.146 e. The molecule has 1 aromatic heterocycles. The first-order chi connectivity index (χ1) is 8.65. The highest BCUT2D eigenvalue weighted by atomic mass is 32.1. The van der Waals surface area contributed by atoms with Crippen molar-refractivity contribution >= 4 is 11.3 Å². The molecule has 1 saturated heterocycles. The number of nitrogens with zero attached hydrogens (tertiary/aromatic N) is 2. The van der Waals surface area contributed by atoms with Crippen LogP contribution in [0, 0.1) is 0 Å². The molecular formula is C13H23N3OS. The van der Waals surface area contributed by atoms with Gasteiger partial charge in [0, 0.05) is 12.5 Å². The number of ether oxygens (including phenoxy) is 1. The first-order valence-electron chi connectivity index (χ1n) is 6.86. The molecule has 4 nitrogen and oxygen atoms in total. The maximum atomic E-state index is 5.81. The third-order valence-electron chi connectivity index (χ3n) is 3.11. The van der Waals surface area contributed by atoms with Crippen LogP contribution in [0.1, 0.15) is 56.2 Å². The quantitative estimate of drug-likeness (QED) is 0.807. The van der Waals surface area contributed by atoms with Gasteiger partial charge in [0.2, 0.25) is 0 Å². The summed E-state index contributed by atoms with van der Waals surface area (Å²) in [5.41, 5.74) is 0. The van der Waals surface area contributed by atoms with E-state index in [0.717, 1.165) is 42.2 Å². The summed E-state index contributed by atoms with van der Waals surface area (Å²) in [6.07, 6.45) is 4.93. The molecule has 0 amide bonds. The van der Waals surface area contributed by atoms with Crippen LogP contribution < -0.4 is 5.32 Å². The van der Waals surface area contributed by atoms with E-state index < -0.39 is 0 Å². The first-order valence-corrected chi connectivity index (χ1v) is 7.68. The van der Waals surface area contributed by atoms with Crippen LogP contribution in [0.15, 0.2) is 0 Å². The lowest BCUT2D eigenvalue weighted by molar-refractivity contribution is 0.0550. The molecule has 18 heavy (non-hydrogen) atoms. The molecule has 0 aliphatic carbocycles. The van der Waals surface area contributed by atoms with Crippen molar-refractivity contribution < 1.29 is 4.74 Å². The molecule has 102 valence electrons. The molecule has 0 radical (unpaired) electrons. The summed E-state index contributed by atoms with van der Waals surface area (Å²) in [5, 5.41) is 14.1. The topological polar surface area (TPSA) is 47.0 Å². The van der Waals surface area contributed by atoms with Gasteiger partial charge >= 0.3 is 0 Å². The lowest BCUT2D eigenvalue weighted by atomic mass is 10.2. The molecule has 5 heteroatoms. The van der Waals surface area contributed by atoms with E-state index in [4.69, 9.17) is 4.74 Å². The molecule has 1 aliphatic heterocycles. The Morgan fingerprint density at radius 1 is 1.39 bits per heavy atom. The zero-order valence-corrected chi connectivity index (χ0v) is 12.3. The van der Waals surface area contributed by atoms with Crippen molar-refractivity contribution in [2.75, 3.05) is 6.54 Å². The van der Waals surface area contributed by atoms with Crippen molar-refractivity contribution in [3.63, 3.8) is 0 Å². The fourth-order valence-electron chi connectivity index (χ4n) is 2.11. The van der Waals surface area contributed by atoms with E-state index in [1.807, 2.05) is 0 Å². The van der Waals surface area contributed by atoms with Crippen molar-refractivity contribution in [2.45, 2.75) is 64.7 Å². The van der Waals surface area contributed by atoms with E-state index in [2.05, 4.69) is 36.3 Å². The number of hydrogen-bond acceptors (Lipinski definition) is 5. The fourth-order valence-corrected chi connectivity index (χ4v) is 3.07. The summed E-state index contributed by atoms with van der Waals surface area (Å²) >= 11 is 1.72. The minimum Gasteiger partial charge on any atom is -0.368 e. The van der Waals surface area contributed by atoms with E-state index >= 15 is 0 Å². The Bertz CT molecular complexity index is 367. The average molecular weight is 269 g/mol. The monoisotopic (exact) mass is 269 g/mol. The van der Waals surface area contributed by atoms with Crippen LogP contribution in [0.2, 0.25) is 0 Å². The Hall–Kier alpha value is -0.520. The SMILES string of the molecule is CC(C)NCCCc1nnc(C2CCC(C)O2)s1. The number of rotatable bonds is 6. The molecule has 0 bridgehead atoms. The van der Waals surface area contributed by atoms with Crippen molar-refractivity contribution in [2.24, 2.45) is 0 Å². The van der Waals surface area contributed by atoms with Gasteiger partial charge in [-0.3, -0.25) is 0 Å². The normalized spacial score (nSPS) is 24.0. The Labute approximate surface area is 113 Å². The summed E-state index contributed by atoms with van der Waals surface area (Å²) in [4.78, 5) is 0. The van der Waals surface area contributed by atoms with Gasteiger partial charge in [0.15, 0.2) is 0 Å². The zero-order valence-electron chi connectivity index (χ0n) is 11.5. The van der Waals surface area contributed by atoms with Gasteiger partial charge in [-0.25, -0.2) is 0 Å². The molecule has 2 heterocycles. The van der Waals surface area contributed by atoms with E-state index in [0.29, 0.717) is 12.1 Å². The van der Waals surface area contributed by atoms with Crippen molar-refractivity contribution in [3.8, 4) is 0 Å². The summed E-state index contributed by atoms with van der Waals surface area (Å²) in [6.45, 7) is 7.51. The van der Waals surface area contributed by atoms with E-state index in [9.17, 15) is 0 Å². The number of hydrogen-bond donors (Lipinski definition) is 1. The highest BCUT2D eigenvalue weighted by molar-refractivity contribution is 7.11. The molecular weight excluding hydrogens is 246 g/mol. The predicted octanol–water partition coefficient (Wildman–Crippen LogP) is 2.71. The average Bonchev–Trinajstić information content (AvgIpc) is 2.93. The van der Waals surface area contributed by atoms with E-state index in [1.165, 1.54) is 0 Å². The summed E-state index contributed by atoms with van der Waals surface area (Å²) < 4.78 is 5.81. The number of nitrogens with one attached hydrogen (secondary N) is 1. The molecule has 1 aliphatic rings. The Balaban J connectivity index is 1.76. The molecule has 0 saturated carbocycles. The minimum atomic E-state index is 0.194. The summed E-state index contributed by atoms with van der Waals surface area (Å²) in [6, 6.07) is 0.559. The number of aryl methyl sites for hydroxylation is 1. The van der Waals surface area contributed by atoms with Gasteiger partial charge in [-0.15, -0.1) is 10.2 Å². The van der Waals surface area contributed by atoms with Crippen LogP contribution in [0.5, 0.6) is 0 Å². The molecule has 1 fully saturated rings. The van der Waals surface area contributed by atoms with Crippen LogP contribution in [0.3, 0.4) is 0 Å². The molecule has 2 unspecified atom stereocenters. The minimum absolute atomic E-state index is 0.194. The summed E-state index contributed by atoms with van der Waals surface area (Å²) in [5.74, 6) is 0. The predicted molar refractivity (Wildman–Crippen MR) is 73.9 cm³/mol. The molecule has 1 aromatic rings. The molecule has 0 aromatic carbocycles. The van der Waals surface area contributed by atoms with Gasteiger partial charge < -0.3 is 10.1 Å². The zero-order chi connectivity index (χ0) is 13.0. The molecule has 2 rings (SSSR count). The highest BCUT2D eigenvalue weighted by Crippen LogP contribution is 2.33. The van der Waals surface area contributed by atoms with Crippen LogP contribution >= 0.6 is 11.3 Å². The van der Waals surface area contributed by atoms with Crippen LogP contribution in [-0.4, -0.2) is 28.9 Å². The highest BCUT2D eigenvalue weighted by Gasteiger charge is 2.26. The molecule has 2 atom stereocenters. The second kappa shape index (κ2) is 6.59. The number of aromatic nitrogens is 2. The van der Waals surface area contributed by atoms with Crippen molar-refractivity contribution in [1.29, 1.82) is 0 Å². The lowest BCUT2D eigenvalue weighted by Gasteiger charge is -2.06. The van der Waals surface area contributed by atoms with Gasteiger partial charge in [0.05, 0.1) is 6.10 Å². The van der Waals surface area contributed by atoms with Crippen molar-refractivity contribution in [3.05, 3.63) is 10.0 Å². The van der Waals surface area contributed by atoms with Gasteiger partial charge in [-0.05, 0) is 32.7 Å². The van der Waals surface area contributed by atoms with Crippen LogP contribution in [0.25, 0.3) is 0 Å². The Kier molecular flexibility index (Phi) is 5.09. The Morgan fingerprint density at radius 3 is 2.89 bits per heavy atom. The van der Waals surface area contributed by atoms with Crippen LogP contribution in [-0.2, 0) is 11.2 Å². The first kappa shape index (κ1) is 13.9. The van der Waals surface area contributed by atoms with Crippen LogP contribution in [0.4, 0.5) is 0 Å². The second-order valence-electron chi connectivity index (χ2n) is 5.26. The van der Waals surface area contributed by atoms with Gasteiger partial charge in [0.25, 0.3) is 0 Å². The van der Waals surface area contributed by atoms with Gasteiger partial charge in [0.1, 0.15) is 16.1 Å². The Morgan fingerprint density at radius 2 is 2.22 bits per heavy atom. The van der Waals surface area contributed by atoms with Gasteiger partial charge in [-0.2, -0.15) is 0 Å². The standard InChI is InChI=1S/C13H23N3OS/c1-9(2)14-8-4-5-12-15-16-13(18-12)11-7-6-10(3)17-11/h9-11,14H,4-8H2,1-3H3. The fraction of sp³-hybridized carbons (Fsp3) is 0.846. The molecule has 0 spiro atoms. The molecule has 1 N–H and O–H groups in total. The third-order valence-corrected chi connectivity index (χ3v) is 4.18. The third kappa shape index (κ3) is 4.00. The lowest BCUT2D eigenvalue weighted by Crippen LogP contribution is -2.23. The smallest absolute Gasteiger partial charge is 0.146 e. The largest absolute Gasteiger partial charge is 0.368 e. The second-order valence-corrected chi connectivity index (χ2v) is 6.35. The maximum absolute atomic E-state index is 5.81.